The van der Waals surface area contributed by atoms with E-state index in [-0.39, 0.29) is 5.88 Å². The Balaban J connectivity index is 3.23. The molecular formula is C5H7NO3. The highest BCUT2D eigenvalue weighted by atomic mass is 16.4. The van der Waals surface area contributed by atoms with Crippen LogP contribution in [0.5, 0.6) is 5.88 Å². The summed E-state index contributed by atoms with van der Waals surface area (Å²) in [5, 5.41) is 8.80. The summed E-state index contributed by atoms with van der Waals surface area (Å²) < 4.78 is 5.47. The summed E-state index contributed by atoms with van der Waals surface area (Å²) in [7, 11) is 0. The van der Waals surface area contributed by atoms with Crippen LogP contribution in [-0.4, -0.2) is 9.67 Å². The molecule has 1 heterocycles. The number of nitrogens with zero attached hydrogens (tertiary/aromatic N) is 1. The van der Waals surface area contributed by atoms with Crippen molar-refractivity contribution >= 4 is 0 Å². The van der Waals surface area contributed by atoms with Crippen LogP contribution in [0.1, 0.15) is 6.92 Å². The minimum Gasteiger partial charge on any atom is -0.492 e. The monoisotopic (exact) mass is 129 g/mol. The van der Waals surface area contributed by atoms with Gasteiger partial charge in [0.1, 0.15) is 0 Å². The number of rotatable bonds is 1. The Morgan fingerprint density at radius 2 is 2.56 bits per heavy atom. The maximum atomic E-state index is 10.5. The van der Waals surface area contributed by atoms with Crippen molar-refractivity contribution in [3.8, 4) is 5.88 Å². The summed E-state index contributed by atoms with van der Waals surface area (Å²) in [6.45, 7) is 2.18. The van der Waals surface area contributed by atoms with E-state index in [2.05, 4.69) is 4.42 Å². The minimum atomic E-state index is -0.519. The molecule has 1 rings (SSSR count). The van der Waals surface area contributed by atoms with Gasteiger partial charge in [-0.15, -0.1) is 0 Å². The third kappa shape index (κ3) is 0.826. The summed E-state index contributed by atoms with van der Waals surface area (Å²) in [4.78, 5) is 10.5. The van der Waals surface area contributed by atoms with E-state index in [1.54, 1.807) is 6.92 Å². The first-order valence-electron chi connectivity index (χ1n) is 2.63. The van der Waals surface area contributed by atoms with E-state index in [1.165, 1.54) is 0 Å². The highest BCUT2D eigenvalue weighted by molar-refractivity contribution is 4.98. The molecule has 0 spiro atoms. The predicted octanol–water partition coefficient (Wildman–Crippen LogP) is 0.167. The average Bonchev–Trinajstić information content (AvgIpc) is 2.12. The van der Waals surface area contributed by atoms with E-state index in [9.17, 15) is 4.79 Å². The lowest BCUT2D eigenvalue weighted by Crippen LogP contribution is -2.11. The van der Waals surface area contributed by atoms with Gasteiger partial charge in [0, 0.05) is 6.54 Å². The van der Waals surface area contributed by atoms with E-state index in [0.717, 1.165) is 10.8 Å². The van der Waals surface area contributed by atoms with Gasteiger partial charge in [0.05, 0.1) is 0 Å². The van der Waals surface area contributed by atoms with E-state index in [0.29, 0.717) is 6.54 Å². The molecule has 0 fully saturated rings. The maximum absolute atomic E-state index is 10.5. The molecule has 0 radical (unpaired) electrons. The fourth-order valence-electron chi connectivity index (χ4n) is 0.615. The van der Waals surface area contributed by atoms with Gasteiger partial charge in [0.15, 0.2) is 6.26 Å². The topological polar surface area (TPSA) is 55.4 Å². The van der Waals surface area contributed by atoms with Crippen molar-refractivity contribution in [3.63, 3.8) is 0 Å². The summed E-state index contributed by atoms with van der Waals surface area (Å²) in [5.41, 5.74) is 0. The lowest BCUT2D eigenvalue weighted by atomic mass is 10.7. The van der Waals surface area contributed by atoms with Gasteiger partial charge in [0.25, 0.3) is 0 Å². The standard InChI is InChI=1S/C5H7NO3/c1-2-6-4(7)3-9-5(6)8/h3,7H,2H2,1H3. The van der Waals surface area contributed by atoms with E-state index in [4.69, 9.17) is 5.11 Å². The number of oxazole rings is 1. The van der Waals surface area contributed by atoms with Crippen molar-refractivity contribution in [2.75, 3.05) is 0 Å². The van der Waals surface area contributed by atoms with Crippen LogP contribution >= 0.6 is 0 Å². The van der Waals surface area contributed by atoms with Crippen molar-refractivity contribution in [3.05, 3.63) is 16.8 Å². The van der Waals surface area contributed by atoms with Crippen LogP contribution in [0.4, 0.5) is 0 Å². The Kier molecular flexibility index (Phi) is 1.30. The lowest BCUT2D eigenvalue weighted by Gasteiger charge is -1.90. The molecule has 0 bridgehead atoms. The van der Waals surface area contributed by atoms with Crippen molar-refractivity contribution in [2.45, 2.75) is 13.5 Å². The van der Waals surface area contributed by atoms with Gasteiger partial charge < -0.3 is 9.52 Å². The van der Waals surface area contributed by atoms with Crippen LogP contribution < -0.4 is 5.76 Å². The Bertz CT molecular complexity index is 247. The average molecular weight is 129 g/mol. The zero-order chi connectivity index (χ0) is 6.85. The minimum absolute atomic E-state index is 0.123. The van der Waals surface area contributed by atoms with Crippen molar-refractivity contribution in [1.82, 2.24) is 4.57 Å². The molecule has 1 aromatic rings. The lowest BCUT2D eigenvalue weighted by molar-refractivity contribution is 0.418. The molecule has 0 unspecified atom stereocenters. The Hall–Kier alpha value is -1.19. The van der Waals surface area contributed by atoms with Gasteiger partial charge >= 0.3 is 5.76 Å². The fourth-order valence-corrected chi connectivity index (χ4v) is 0.615. The SMILES string of the molecule is CCn1c(O)coc1=O. The molecule has 0 atom stereocenters. The van der Waals surface area contributed by atoms with Crippen LogP contribution in [0.15, 0.2) is 15.5 Å². The van der Waals surface area contributed by atoms with E-state index in [1.807, 2.05) is 0 Å². The van der Waals surface area contributed by atoms with Crippen LogP contribution in [0.2, 0.25) is 0 Å². The number of hydrogen-bond donors (Lipinski definition) is 1. The van der Waals surface area contributed by atoms with Crippen molar-refractivity contribution in [2.24, 2.45) is 0 Å². The zero-order valence-corrected chi connectivity index (χ0v) is 5.00. The van der Waals surface area contributed by atoms with Crippen molar-refractivity contribution < 1.29 is 9.52 Å². The number of hydrogen-bond acceptors (Lipinski definition) is 3. The van der Waals surface area contributed by atoms with E-state index < -0.39 is 5.76 Å². The molecule has 50 valence electrons. The highest BCUT2D eigenvalue weighted by Crippen LogP contribution is 2.02. The van der Waals surface area contributed by atoms with Crippen LogP contribution in [0.3, 0.4) is 0 Å². The number of aromatic nitrogens is 1. The maximum Gasteiger partial charge on any atom is 0.421 e. The third-order valence-electron chi connectivity index (χ3n) is 1.08. The Labute approximate surface area is 51.3 Å². The Morgan fingerprint density at radius 1 is 1.89 bits per heavy atom. The molecule has 0 aromatic carbocycles. The normalized spacial score (nSPS) is 9.89. The fraction of sp³-hybridized carbons (Fsp3) is 0.400. The second kappa shape index (κ2) is 1.97. The Morgan fingerprint density at radius 3 is 2.78 bits per heavy atom. The van der Waals surface area contributed by atoms with Crippen LogP contribution in [0.25, 0.3) is 0 Å². The molecule has 1 aromatic heterocycles. The summed E-state index contributed by atoms with van der Waals surface area (Å²) >= 11 is 0. The van der Waals surface area contributed by atoms with Crippen LogP contribution in [-0.2, 0) is 6.54 Å². The van der Waals surface area contributed by atoms with Gasteiger partial charge in [-0.2, -0.15) is 0 Å². The molecule has 4 nitrogen and oxygen atoms in total. The molecule has 4 heteroatoms. The molecule has 0 saturated carbocycles. The second-order valence-corrected chi connectivity index (χ2v) is 1.60. The first kappa shape index (κ1) is 5.94. The smallest absolute Gasteiger partial charge is 0.421 e. The van der Waals surface area contributed by atoms with Crippen molar-refractivity contribution in [1.29, 1.82) is 0 Å². The van der Waals surface area contributed by atoms with Gasteiger partial charge in [-0.05, 0) is 6.92 Å². The highest BCUT2D eigenvalue weighted by Gasteiger charge is 2.01. The molecule has 0 amide bonds. The predicted molar refractivity (Wildman–Crippen MR) is 30.3 cm³/mol. The van der Waals surface area contributed by atoms with Gasteiger partial charge in [-0.3, -0.25) is 0 Å². The molecular weight excluding hydrogens is 122 g/mol. The molecule has 0 aliphatic carbocycles. The summed E-state index contributed by atoms with van der Waals surface area (Å²) in [6.07, 6.45) is 1.02. The largest absolute Gasteiger partial charge is 0.492 e. The third-order valence-corrected chi connectivity index (χ3v) is 1.08. The zero-order valence-electron chi connectivity index (χ0n) is 5.00. The quantitative estimate of drug-likeness (QED) is 0.587. The first-order chi connectivity index (χ1) is 4.25. The molecule has 0 aliphatic rings. The molecule has 0 aliphatic heterocycles. The summed E-state index contributed by atoms with van der Waals surface area (Å²) in [5.74, 6) is -0.641. The first-order valence-corrected chi connectivity index (χ1v) is 2.63. The van der Waals surface area contributed by atoms with Gasteiger partial charge in [-0.1, -0.05) is 0 Å². The molecule has 9 heavy (non-hydrogen) atoms. The molecule has 0 saturated heterocycles. The van der Waals surface area contributed by atoms with Gasteiger partial charge in [-0.25, -0.2) is 9.36 Å². The second-order valence-electron chi connectivity index (χ2n) is 1.60. The summed E-state index contributed by atoms with van der Waals surface area (Å²) in [6, 6.07) is 0. The van der Waals surface area contributed by atoms with Crippen LogP contribution in [0, 0.1) is 0 Å². The number of aromatic hydroxyl groups is 1. The molecule has 1 N–H and O–H groups in total. The van der Waals surface area contributed by atoms with E-state index >= 15 is 0 Å². The van der Waals surface area contributed by atoms with Gasteiger partial charge in [0.2, 0.25) is 5.88 Å².